The molecule has 0 heterocycles. The molecule has 0 aliphatic carbocycles. The van der Waals surface area contributed by atoms with E-state index in [1.165, 1.54) is 0 Å². The van der Waals surface area contributed by atoms with E-state index >= 15 is 0 Å². The Bertz CT molecular complexity index is 414. The molecule has 1 aromatic carbocycles. The van der Waals surface area contributed by atoms with Gasteiger partial charge in [0.15, 0.2) is 0 Å². The van der Waals surface area contributed by atoms with Crippen LogP contribution >= 0.6 is 15.9 Å². The predicted octanol–water partition coefficient (Wildman–Crippen LogP) is 3.31. The number of benzene rings is 1. The molecular weight excluding hydrogens is 284 g/mol. The summed E-state index contributed by atoms with van der Waals surface area (Å²) in [6, 6.07) is 0.947. The molecule has 0 spiro atoms. The second kappa shape index (κ2) is 3.80. The van der Waals surface area contributed by atoms with E-state index in [4.69, 9.17) is 5.11 Å². The molecule has 0 aromatic heterocycles. The van der Waals surface area contributed by atoms with E-state index in [2.05, 4.69) is 15.9 Å². The lowest BCUT2D eigenvalue weighted by atomic mass is 10.1. The topological polar surface area (TPSA) is 37.3 Å². The van der Waals surface area contributed by atoms with Gasteiger partial charge in [-0.3, -0.25) is 0 Å². The Morgan fingerprint density at radius 1 is 1.33 bits per heavy atom. The maximum atomic E-state index is 12.9. The lowest BCUT2D eigenvalue weighted by molar-refractivity contribution is -0.138. The molecule has 1 N–H and O–H groups in total. The number of alkyl halides is 3. The summed E-state index contributed by atoms with van der Waals surface area (Å²) in [5.74, 6) is -2.98. The number of aromatic carboxylic acids is 1. The molecule has 0 fully saturated rings. The van der Waals surface area contributed by atoms with Gasteiger partial charge < -0.3 is 5.11 Å². The Morgan fingerprint density at radius 3 is 2.27 bits per heavy atom. The highest BCUT2D eigenvalue weighted by Crippen LogP contribution is 2.37. The first-order valence-corrected chi connectivity index (χ1v) is 4.33. The largest absolute Gasteiger partial charge is 0.478 e. The molecule has 0 radical (unpaired) electrons. The Balaban J connectivity index is 3.49. The molecule has 7 heteroatoms. The fraction of sp³-hybridized carbons (Fsp3) is 0.125. The fourth-order valence-corrected chi connectivity index (χ4v) is 1.68. The lowest BCUT2D eigenvalue weighted by Gasteiger charge is -2.10. The van der Waals surface area contributed by atoms with Crippen LogP contribution in [0.2, 0.25) is 0 Å². The molecule has 1 aromatic rings. The third-order valence-electron chi connectivity index (χ3n) is 1.61. The zero-order chi connectivity index (χ0) is 11.8. The molecule has 0 aliphatic rings. The summed E-state index contributed by atoms with van der Waals surface area (Å²) in [6.45, 7) is 0. The van der Waals surface area contributed by atoms with E-state index in [1.807, 2.05) is 0 Å². The first-order chi connectivity index (χ1) is 6.75. The molecule has 0 atom stereocenters. The van der Waals surface area contributed by atoms with E-state index < -0.39 is 33.6 Å². The monoisotopic (exact) mass is 286 g/mol. The standard InChI is InChI=1S/C8H3BrF4O2/c9-6-3(8(11,12)13)1-2-4(10)5(6)7(14)15/h1-2H,(H,14,15). The molecule has 0 unspecified atom stereocenters. The van der Waals surface area contributed by atoms with Gasteiger partial charge in [0.25, 0.3) is 0 Å². The van der Waals surface area contributed by atoms with Crippen molar-refractivity contribution >= 4 is 21.9 Å². The van der Waals surface area contributed by atoms with Gasteiger partial charge in [0, 0.05) is 4.47 Å². The number of carboxylic acid groups (broad SMARTS) is 1. The molecule has 0 bridgehead atoms. The maximum Gasteiger partial charge on any atom is 0.417 e. The quantitative estimate of drug-likeness (QED) is 0.805. The molecule has 2 nitrogen and oxygen atoms in total. The summed E-state index contributed by atoms with van der Waals surface area (Å²) in [6.07, 6.45) is -4.73. The smallest absolute Gasteiger partial charge is 0.417 e. The molecule has 15 heavy (non-hydrogen) atoms. The summed E-state index contributed by atoms with van der Waals surface area (Å²) in [7, 11) is 0. The van der Waals surface area contributed by atoms with Crippen LogP contribution in [-0.4, -0.2) is 11.1 Å². The maximum absolute atomic E-state index is 12.9. The van der Waals surface area contributed by atoms with Crippen LogP contribution in [0.4, 0.5) is 17.6 Å². The number of hydrogen-bond donors (Lipinski definition) is 1. The highest BCUT2D eigenvalue weighted by Gasteiger charge is 2.35. The van der Waals surface area contributed by atoms with Gasteiger partial charge in [0.1, 0.15) is 11.4 Å². The van der Waals surface area contributed by atoms with Crippen LogP contribution in [0.15, 0.2) is 16.6 Å². The van der Waals surface area contributed by atoms with Crippen molar-refractivity contribution in [2.24, 2.45) is 0 Å². The minimum absolute atomic E-state index is 0.469. The Hall–Kier alpha value is -1.11. The van der Waals surface area contributed by atoms with Crippen LogP contribution < -0.4 is 0 Å². The average Bonchev–Trinajstić information content (AvgIpc) is 2.00. The summed E-state index contributed by atoms with van der Waals surface area (Å²) >= 11 is 2.43. The third kappa shape index (κ3) is 2.28. The molecule has 0 aliphatic heterocycles. The van der Waals surface area contributed by atoms with E-state index in [-0.39, 0.29) is 0 Å². The fourth-order valence-electron chi connectivity index (χ4n) is 0.967. The normalized spacial score (nSPS) is 11.5. The van der Waals surface area contributed by atoms with E-state index in [0.29, 0.717) is 12.1 Å². The first-order valence-electron chi connectivity index (χ1n) is 3.53. The minimum atomic E-state index is -4.73. The van der Waals surface area contributed by atoms with Crippen molar-refractivity contribution in [2.45, 2.75) is 6.18 Å². The summed E-state index contributed by atoms with van der Waals surface area (Å²) in [4.78, 5) is 10.5. The molecule has 1 rings (SSSR count). The van der Waals surface area contributed by atoms with Gasteiger partial charge in [0.05, 0.1) is 5.56 Å². The molecule has 82 valence electrons. The Kier molecular flexibility index (Phi) is 3.03. The average molecular weight is 287 g/mol. The van der Waals surface area contributed by atoms with E-state index in [1.54, 1.807) is 0 Å². The van der Waals surface area contributed by atoms with Crippen LogP contribution in [0, 0.1) is 5.82 Å². The minimum Gasteiger partial charge on any atom is -0.478 e. The van der Waals surface area contributed by atoms with Crippen LogP contribution in [0.5, 0.6) is 0 Å². The highest BCUT2D eigenvalue weighted by atomic mass is 79.9. The Morgan fingerprint density at radius 2 is 1.87 bits per heavy atom. The van der Waals surface area contributed by atoms with Crippen LogP contribution in [0.1, 0.15) is 15.9 Å². The van der Waals surface area contributed by atoms with Gasteiger partial charge >= 0.3 is 12.1 Å². The first kappa shape index (κ1) is 12.0. The molecular formula is C8H3BrF4O2. The van der Waals surface area contributed by atoms with Crippen molar-refractivity contribution in [1.29, 1.82) is 0 Å². The second-order valence-electron chi connectivity index (χ2n) is 2.59. The zero-order valence-corrected chi connectivity index (χ0v) is 8.49. The van der Waals surface area contributed by atoms with Crippen molar-refractivity contribution in [1.82, 2.24) is 0 Å². The third-order valence-corrected chi connectivity index (χ3v) is 2.43. The van der Waals surface area contributed by atoms with Crippen molar-refractivity contribution in [3.63, 3.8) is 0 Å². The number of carbonyl (C=O) groups is 1. The molecule has 0 saturated carbocycles. The van der Waals surface area contributed by atoms with Crippen LogP contribution in [0.25, 0.3) is 0 Å². The van der Waals surface area contributed by atoms with Gasteiger partial charge in [-0.25, -0.2) is 9.18 Å². The number of carboxylic acids is 1. The van der Waals surface area contributed by atoms with E-state index in [0.717, 1.165) is 0 Å². The van der Waals surface area contributed by atoms with Crippen LogP contribution in [-0.2, 0) is 6.18 Å². The Labute approximate surface area is 89.6 Å². The lowest BCUT2D eigenvalue weighted by Crippen LogP contribution is -2.11. The SMILES string of the molecule is O=C(O)c1c(F)ccc(C(F)(F)F)c1Br. The molecule has 0 amide bonds. The summed E-state index contributed by atoms with van der Waals surface area (Å²) in [5.41, 5.74) is -2.24. The zero-order valence-electron chi connectivity index (χ0n) is 6.90. The van der Waals surface area contributed by atoms with Crippen molar-refractivity contribution in [2.75, 3.05) is 0 Å². The van der Waals surface area contributed by atoms with E-state index in [9.17, 15) is 22.4 Å². The number of rotatable bonds is 1. The van der Waals surface area contributed by atoms with Crippen molar-refractivity contribution < 1.29 is 27.5 Å². The second-order valence-corrected chi connectivity index (χ2v) is 3.38. The van der Waals surface area contributed by atoms with Crippen molar-refractivity contribution in [3.05, 3.63) is 33.5 Å². The van der Waals surface area contributed by atoms with Gasteiger partial charge in [-0.15, -0.1) is 0 Å². The number of hydrogen-bond acceptors (Lipinski definition) is 1. The highest BCUT2D eigenvalue weighted by molar-refractivity contribution is 9.10. The summed E-state index contributed by atoms with van der Waals surface area (Å²) < 4.78 is 48.9. The van der Waals surface area contributed by atoms with Crippen LogP contribution in [0.3, 0.4) is 0 Å². The van der Waals surface area contributed by atoms with Gasteiger partial charge in [-0.05, 0) is 28.1 Å². The van der Waals surface area contributed by atoms with Gasteiger partial charge in [0.2, 0.25) is 0 Å². The summed E-state index contributed by atoms with van der Waals surface area (Å²) in [5, 5.41) is 8.50. The molecule has 0 saturated heterocycles. The number of halogens is 5. The predicted molar refractivity (Wildman–Crippen MR) is 46.1 cm³/mol. The van der Waals surface area contributed by atoms with Gasteiger partial charge in [-0.1, -0.05) is 0 Å². The van der Waals surface area contributed by atoms with Gasteiger partial charge in [-0.2, -0.15) is 13.2 Å². The van der Waals surface area contributed by atoms with Crippen molar-refractivity contribution in [3.8, 4) is 0 Å².